The van der Waals surface area contributed by atoms with E-state index in [0.717, 1.165) is 11.3 Å². The minimum Gasteiger partial charge on any atom is -0.324 e. The Morgan fingerprint density at radius 1 is 1.30 bits per heavy atom. The van der Waals surface area contributed by atoms with Crippen LogP contribution in [0.2, 0.25) is 0 Å². The lowest BCUT2D eigenvalue weighted by Crippen LogP contribution is -2.20. The Morgan fingerprint density at radius 3 is 2.80 bits per heavy atom. The maximum atomic E-state index is 11.8. The first-order chi connectivity index (χ1) is 9.52. The van der Waals surface area contributed by atoms with Gasteiger partial charge in [0.2, 0.25) is 11.8 Å². The average Bonchev–Trinajstić information content (AvgIpc) is 2.75. The van der Waals surface area contributed by atoms with Crippen LogP contribution in [0.1, 0.15) is 12.5 Å². The van der Waals surface area contributed by atoms with Crippen molar-refractivity contribution >= 4 is 23.3 Å². The van der Waals surface area contributed by atoms with E-state index < -0.39 is 0 Å². The first-order valence-corrected chi connectivity index (χ1v) is 6.07. The minimum atomic E-state index is -0.236. The molecule has 104 valence electrons. The van der Waals surface area contributed by atoms with E-state index in [1.807, 2.05) is 31.2 Å². The zero-order chi connectivity index (χ0) is 14.5. The second kappa shape index (κ2) is 5.96. The van der Waals surface area contributed by atoms with Crippen molar-refractivity contribution < 1.29 is 9.59 Å². The topological polar surface area (TPSA) is 88.9 Å². The molecule has 0 spiro atoms. The molecule has 7 nitrogen and oxygen atoms in total. The highest BCUT2D eigenvalue weighted by Gasteiger charge is 2.07. The molecule has 0 fully saturated rings. The molecule has 2 N–H and O–H groups in total. The third-order valence-electron chi connectivity index (χ3n) is 2.43. The SMILES string of the molecule is CC(=O)Nc1cnn(CC(=O)Nc2cccc(C)c2)n1. The molecule has 0 atom stereocenters. The molecular formula is C13H15N5O2. The maximum absolute atomic E-state index is 11.8. The molecule has 0 aliphatic heterocycles. The number of amides is 2. The molecule has 0 saturated carbocycles. The normalized spacial score (nSPS) is 10.1. The van der Waals surface area contributed by atoms with Crippen LogP contribution in [0.15, 0.2) is 30.5 Å². The van der Waals surface area contributed by atoms with Gasteiger partial charge in [0.1, 0.15) is 6.54 Å². The quantitative estimate of drug-likeness (QED) is 0.875. The van der Waals surface area contributed by atoms with Crippen molar-refractivity contribution in [2.75, 3.05) is 10.6 Å². The number of hydrogen-bond donors (Lipinski definition) is 2. The van der Waals surface area contributed by atoms with Crippen LogP contribution in [0.25, 0.3) is 0 Å². The highest BCUT2D eigenvalue weighted by Crippen LogP contribution is 2.09. The predicted octanol–water partition coefficient (Wildman–Crippen LogP) is 1.18. The summed E-state index contributed by atoms with van der Waals surface area (Å²) in [4.78, 5) is 23.9. The number of aromatic nitrogens is 3. The maximum Gasteiger partial charge on any atom is 0.247 e. The fourth-order valence-corrected chi connectivity index (χ4v) is 1.66. The van der Waals surface area contributed by atoms with Crippen molar-refractivity contribution in [3.05, 3.63) is 36.0 Å². The van der Waals surface area contributed by atoms with Crippen LogP contribution in [0, 0.1) is 6.92 Å². The minimum absolute atomic E-state index is 0.0203. The van der Waals surface area contributed by atoms with Gasteiger partial charge in [-0.1, -0.05) is 12.1 Å². The first-order valence-electron chi connectivity index (χ1n) is 6.07. The van der Waals surface area contributed by atoms with Crippen LogP contribution in [0.3, 0.4) is 0 Å². The summed E-state index contributed by atoms with van der Waals surface area (Å²) < 4.78 is 0. The van der Waals surface area contributed by atoms with Gasteiger partial charge in [0, 0.05) is 12.6 Å². The molecule has 2 rings (SSSR count). The number of benzene rings is 1. The fourth-order valence-electron chi connectivity index (χ4n) is 1.66. The van der Waals surface area contributed by atoms with Crippen molar-refractivity contribution in [3.8, 4) is 0 Å². The number of hydrogen-bond acceptors (Lipinski definition) is 4. The smallest absolute Gasteiger partial charge is 0.247 e. The number of carbonyl (C=O) groups is 2. The zero-order valence-corrected chi connectivity index (χ0v) is 11.3. The standard InChI is InChI=1S/C13H15N5O2/c1-9-4-3-5-11(6-9)16-13(20)8-18-14-7-12(17-18)15-10(2)19/h3-7H,8H2,1-2H3,(H,16,20)(H,15,17,19). The molecule has 2 amide bonds. The monoisotopic (exact) mass is 273 g/mol. The Bertz CT molecular complexity index is 635. The Labute approximate surface area is 116 Å². The molecule has 1 heterocycles. The van der Waals surface area contributed by atoms with E-state index in [1.54, 1.807) is 0 Å². The van der Waals surface area contributed by atoms with Gasteiger partial charge in [-0.3, -0.25) is 9.59 Å². The van der Waals surface area contributed by atoms with Crippen LogP contribution < -0.4 is 10.6 Å². The highest BCUT2D eigenvalue weighted by atomic mass is 16.2. The van der Waals surface area contributed by atoms with E-state index in [2.05, 4.69) is 20.8 Å². The summed E-state index contributed by atoms with van der Waals surface area (Å²) in [6.07, 6.45) is 1.39. The summed E-state index contributed by atoms with van der Waals surface area (Å²) in [6.45, 7) is 3.31. The molecule has 0 aliphatic rings. The van der Waals surface area contributed by atoms with Gasteiger partial charge in [-0.15, -0.1) is 5.10 Å². The van der Waals surface area contributed by atoms with Gasteiger partial charge in [0.25, 0.3) is 0 Å². The molecule has 0 aliphatic carbocycles. The molecule has 1 aromatic heterocycles. The largest absolute Gasteiger partial charge is 0.324 e. The molecule has 2 aromatic rings. The Kier molecular flexibility index (Phi) is 4.09. The number of rotatable bonds is 4. The lowest BCUT2D eigenvalue weighted by atomic mass is 10.2. The van der Waals surface area contributed by atoms with Gasteiger partial charge < -0.3 is 10.6 Å². The van der Waals surface area contributed by atoms with E-state index in [0.29, 0.717) is 5.82 Å². The summed E-state index contributed by atoms with van der Waals surface area (Å²) in [5, 5.41) is 13.1. The number of anilines is 2. The molecule has 0 saturated heterocycles. The predicted molar refractivity (Wildman–Crippen MR) is 74.1 cm³/mol. The van der Waals surface area contributed by atoms with Crippen molar-refractivity contribution in [2.45, 2.75) is 20.4 Å². The third-order valence-corrected chi connectivity index (χ3v) is 2.43. The summed E-state index contributed by atoms with van der Waals surface area (Å²) in [6, 6.07) is 7.50. The van der Waals surface area contributed by atoms with Crippen molar-refractivity contribution in [1.82, 2.24) is 15.0 Å². The van der Waals surface area contributed by atoms with Crippen molar-refractivity contribution in [2.24, 2.45) is 0 Å². The van der Waals surface area contributed by atoms with E-state index in [9.17, 15) is 9.59 Å². The summed E-state index contributed by atoms with van der Waals surface area (Å²) in [5.41, 5.74) is 1.79. The number of nitrogens with one attached hydrogen (secondary N) is 2. The van der Waals surface area contributed by atoms with Gasteiger partial charge in [0.15, 0.2) is 5.82 Å². The van der Waals surface area contributed by atoms with Gasteiger partial charge in [0.05, 0.1) is 6.20 Å². The molecule has 20 heavy (non-hydrogen) atoms. The number of aryl methyl sites for hydroxylation is 1. The van der Waals surface area contributed by atoms with Crippen LogP contribution in [-0.4, -0.2) is 26.8 Å². The molecule has 7 heteroatoms. The van der Waals surface area contributed by atoms with Crippen LogP contribution in [-0.2, 0) is 16.1 Å². The van der Waals surface area contributed by atoms with Gasteiger partial charge in [-0.25, -0.2) is 0 Å². The lowest BCUT2D eigenvalue weighted by Gasteiger charge is -2.05. The molecule has 1 aromatic carbocycles. The van der Waals surface area contributed by atoms with E-state index in [4.69, 9.17) is 0 Å². The van der Waals surface area contributed by atoms with E-state index in [1.165, 1.54) is 17.9 Å². The fraction of sp³-hybridized carbons (Fsp3) is 0.231. The summed E-state index contributed by atoms with van der Waals surface area (Å²) in [5.74, 6) is -0.150. The molecule has 0 radical (unpaired) electrons. The van der Waals surface area contributed by atoms with Gasteiger partial charge >= 0.3 is 0 Å². The first kappa shape index (κ1) is 13.7. The summed E-state index contributed by atoms with van der Waals surface area (Å²) in [7, 11) is 0. The average molecular weight is 273 g/mol. The zero-order valence-electron chi connectivity index (χ0n) is 11.3. The van der Waals surface area contributed by atoms with E-state index in [-0.39, 0.29) is 18.4 Å². The number of carbonyl (C=O) groups excluding carboxylic acids is 2. The van der Waals surface area contributed by atoms with Crippen LogP contribution >= 0.6 is 0 Å². The Morgan fingerprint density at radius 2 is 2.10 bits per heavy atom. The Balaban J connectivity index is 1.94. The van der Waals surface area contributed by atoms with Crippen molar-refractivity contribution in [3.63, 3.8) is 0 Å². The third kappa shape index (κ3) is 3.91. The van der Waals surface area contributed by atoms with Crippen molar-refractivity contribution in [1.29, 1.82) is 0 Å². The highest BCUT2D eigenvalue weighted by molar-refractivity contribution is 5.90. The molecule has 0 bridgehead atoms. The van der Waals surface area contributed by atoms with Crippen LogP contribution in [0.5, 0.6) is 0 Å². The van der Waals surface area contributed by atoms with E-state index >= 15 is 0 Å². The Hall–Kier alpha value is -2.70. The molecule has 0 unspecified atom stereocenters. The number of nitrogens with zero attached hydrogens (tertiary/aromatic N) is 3. The second-order valence-electron chi connectivity index (χ2n) is 4.36. The van der Waals surface area contributed by atoms with Gasteiger partial charge in [-0.2, -0.15) is 9.90 Å². The van der Waals surface area contributed by atoms with Gasteiger partial charge in [-0.05, 0) is 24.6 Å². The summed E-state index contributed by atoms with van der Waals surface area (Å²) >= 11 is 0. The second-order valence-corrected chi connectivity index (χ2v) is 4.36. The van der Waals surface area contributed by atoms with Crippen LogP contribution in [0.4, 0.5) is 11.5 Å². The molecular weight excluding hydrogens is 258 g/mol. The lowest BCUT2D eigenvalue weighted by molar-refractivity contribution is -0.117.